The molecule has 4 N–H and O–H groups in total. The lowest BCUT2D eigenvalue weighted by molar-refractivity contribution is -0.136. The van der Waals surface area contributed by atoms with E-state index in [0.29, 0.717) is 35.5 Å². The number of fused-ring (bicyclic) bond motifs is 1. The number of anilines is 1. The standard InChI is InChI=1S/C23H24N6O3/c1-14-3-5-15(6-4-14)19-18(9-16(10-24)23(32)28-11-17(31)12-28)29(7-2-8-30)22-20(19)21(25)26-13-27-22/h3-6,9,13,17,30-31H,2,7-8,11-12H2,1H3,(H2,25,26,27)/b16-9+. The van der Waals surface area contributed by atoms with Crippen molar-refractivity contribution in [2.45, 2.75) is 26.0 Å². The quantitative estimate of drug-likeness (QED) is 0.396. The van der Waals surface area contributed by atoms with E-state index >= 15 is 0 Å². The van der Waals surface area contributed by atoms with Gasteiger partial charge in [0.1, 0.15) is 29.4 Å². The van der Waals surface area contributed by atoms with E-state index in [0.717, 1.165) is 16.7 Å². The van der Waals surface area contributed by atoms with Crippen molar-refractivity contribution in [3.8, 4) is 17.2 Å². The first-order chi connectivity index (χ1) is 15.4. The zero-order chi connectivity index (χ0) is 22.8. The Morgan fingerprint density at radius 1 is 1.31 bits per heavy atom. The van der Waals surface area contributed by atoms with Gasteiger partial charge >= 0.3 is 0 Å². The molecule has 1 fully saturated rings. The number of aromatic nitrogens is 3. The van der Waals surface area contributed by atoms with Gasteiger partial charge in [-0.3, -0.25) is 4.79 Å². The zero-order valence-electron chi connectivity index (χ0n) is 17.7. The van der Waals surface area contributed by atoms with Gasteiger partial charge in [0.15, 0.2) is 0 Å². The highest BCUT2D eigenvalue weighted by Gasteiger charge is 2.31. The molecule has 1 saturated heterocycles. The summed E-state index contributed by atoms with van der Waals surface area (Å²) < 4.78 is 1.86. The van der Waals surface area contributed by atoms with Gasteiger partial charge in [-0.2, -0.15) is 5.26 Å². The number of amides is 1. The van der Waals surface area contributed by atoms with Crippen LogP contribution in [0.15, 0.2) is 36.2 Å². The van der Waals surface area contributed by atoms with Crippen LogP contribution in [-0.4, -0.2) is 61.4 Å². The van der Waals surface area contributed by atoms with E-state index in [1.54, 1.807) is 6.08 Å². The van der Waals surface area contributed by atoms with E-state index in [4.69, 9.17) is 5.73 Å². The lowest BCUT2D eigenvalue weighted by Gasteiger charge is -2.35. The maximum atomic E-state index is 12.8. The number of aryl methyl sites for hydroxylation is 2. The predicted molar refractivity (Wildman–Crippen MR) is 120 cm³/mol. The van der Waals surface area contributed by atoms with E-state index in [1.165, 1.54) is 11.2 Å². The van der Waals surface area contributed by atoms with Gasteiger partial charge in [-0.1, -0.05) is 29.8 Å². The van der Waals surface area contributed by atoms with Gasteiger partial charge in [0, 0.05) is 31.8 Å². The summed E-state index contributed by atoms with van der Waals surface area (Å²) in [6.07, 6.45) is 2.81. The van der Waals surface area contributed by atoms with Gasteiger partial charge in [-0.05, 0) is 25.0 Å². The lowest BCUT2D eigenvalue weighted by atomic mass is 10.00. The van der Waals surface area contributed by atoms with Gasteiger partial charge in [0.25, 0.3) is 5.91 Å². The van der Waals surface area contributed by atoms with Crippen LogP contribution in [0.5, 0.6) is 0 Å². The molecule has 32 heavy (non-hydrogen) atoms. The van der Waals surface area contributed by atoms with Crippen molar-refractivity contribution in [3.05, 3.63) is 47.4 Å². The largest absolute Gasteiger partial charge is 0.396 e. The number of nitrogen functional groups attached to an aromatic ring is 1. The Morgan fingerprint density at radius 3 is 2.66 bits per heavy atom. The van der Waals surface area contributed by atoms with E-state index in [1.807, 2.05) is 41.8 Å². The molecule has 0 saturated carbocycles. The highest BCUT2D eigenvalue weighted by atomic mass is 16.3. The van der Waals surface area contributed by atoms with Gasteiger partial charge in [0.2, 0.25) is 0 Å². The zero-order valence-corrected chi connectivity index (χ0v) is 17.7. The normalized spacial score (nSPS) is 14.4. The molecule has 0 spiro atoms. The molecule has 0 unspecified atom stereocenters. The predicted octanol–water partition coefficient (Wildman–Crippen LogP) is 1.48. The average Bonchev–Trinajstić information content (AvgIpc) is 3.08. The van der Waals surface area contributed by atoms with Crippen molar-refractivity contribution < 1.29 is 15.0 Å². The summed E-state index contributed by atoms with van der Waals surface area (Å²) in [6, 6.07) is 9.84. The fourth-order valence-corrected chi connectivity index (χ4v) is 3.90. The number of aliphatic hydroxyl groups is 2. The third-order valence-corrected chi connectivity index (χ3v) is 5.57. The van der Waals surface area contributed by atoms with Gasteiger partial charge in [0.05, 0.1) is 17.2 Å². The summed E-state index contributed by atoms with van der Waals surface area (Å²) in [5, 5.41) is 29.4. The molecule has 3 aromatic rings. The number of nitriles is 1. The topological polar surface area (TPSA) is 141 Å². The van der Waals surface area contributed by atoms with Gasteiger partial charge in [-0.25, -0.2) is 9.97 Å². The third kappa shape index (κ3) is 3.82. The van der Waals surface area contributed by atoms with Crippen molar-refractivity contribution >= 4 is 28.8 Å². The summed E-state index contributed by atoms with van der Waals surface area (Å²) in [7, 11) is 0. The minimum Gasteiger partial charge on any atom is -0.396 e. The first-order valence-corrected chi connectivity index (χ1v) is 10.3. The number of carbonyl (C=O) groups is 1. The molecule has 9 nitrogen and oxygen atoms in total. The average molecular weight is 432 g/mol. The Hall–Kier alpha value is -3.74. The first kappa shape index (κ1) is 21.5. The molecule has 1 amide bonds. The molecule has 2 aromatic heterocycles. The molecular weight excluding hydrogens is 408 g/mol. The molecule has 1 aromatic carbocycles. The molecule has 3 heterocycles. The van der Waals surface area contributed by atoms with Crippen molar-refractivity contribution in [2.75, 3.05) is 25.4 Å². The Labute approximate surface area is 185 Å². The maximum Gasteiger partial charge on any atom is 0.264 e. The Morgan fingerprint density at radius 2 is 2.03 bits per heavy atom. The Bertz CT molecular complexity index is 1230. The van der Waals surface area contributed by atoms with Crippen LogP contribution in [0.25, 0.3) is 28.2 Å². The first-order valence-electron chi connectivity index (χ1n) is 10.3. The fourth-order valence-electron chi connectivity index (χ4n) is 3.90. The van der Waals surface area contributed by atoms with Crippen LogP contribution < -0.4 is 5.73 Å². The summed E-state index contributed by atoms with van der Waals surface area (Å²) in [5.74, 6) is -0.149. The Balaban J connectivity index is 1.97. The molecule has 0 bridgehead atoms. The van der Waals surface area contributed by atoms with Crippen molar-refractivity contribution in [1.29, 1.82) is 5.26 Å². The van der Waals surface area contributed by atoms with Crippen LogP contribution in [0.2, 0.25) is 0 Å². The van der Waals surface area contributed by atoms with Crippen LogP contribution in [-0.2, 0) is 11.3 Å². The number of benzene rings is 1. The molecule has 0 radical (unpaired) electrons. The summed E-state index contributed by atoms with van der Waals surface area (Å²) in [6.45, 7) is 2.78. The summed E-state index contributed by atoms with van der Waals surface area (Å²) in [4.78, 5) is 22.8. The van der Waals surface area contributed by atoms with E-state index < -0.39 is 12.0 Å². The minimum atomic E-state index is -0.562. The second-order valence-electron chi connectivity index (χ2n) is 7.85. The molecule has 0 aliphatic carbocycles. The molecule has 4 rings (SSSR count). The van der Waals surface area contributed by atoms with E-state index in [9.17, 15) is 20.3 Å². The number of β-amino-alcohol motifs (C(OH)–C–C–N with tert-alkyl or cyclic N) is 1. The highest BCUT2D eigenvalue weighted by Crippen LogP contribution is 2.38. The number of nitrogens with two attached hydrogens (primary N) is 1. The molecule has 9 heteroatoms. The molecule has 1 aliphatic heterocycles. The number of rotatable bonds is 6. The fraction of sp³-hybridized carbons (Fsp3) is 0.304. The number of aliphatic hydroxyl groups excluding tert-OH is 2. The SMILES string of the molecule is Cc1ccc(-c2c(/C=C(\C#N)C(=O)N3CC(O)C3)n(CCCO)c3ncnc(N)c23)cc1. The number of likely N-dealkylation sites (tertiary alicyclic amines) is 1. The molecule has 1 aliphatic rings. The molecule has 164 valence electrons. The smallest absolute Gasteiger partial charge is 0.264 e. The number of carbonyl (C=O) groups excluding carboxylic acids is 1. The monoisotopic (exact) mass is 432 g/mol. The number of nitrogens with zero attached hydrogens (tertiary/aromatic N) is 5. The van der Waals surface area contributed by atoms with Crippen molar-refractivity contribution in [1.82, 2.24) is 19.4 Å². The summed E-state index contributed by atoms with van der Waals surface area (Å²) in [5.41, 5.74) is 10.0. The van der Waals surface area contributed by atoms with Crippen LogP contribution in [0, 0.1) is 18.3 Å². The second kappa shape index (κ2) is 8.78. The second-order valence-corrected chi connectivity index (χ2v) is 7.85. The van der Waals surface area contributed by atoms with E-state index in [2.05, 4.69) is 9.97 Å². The van der Waals surface area contributed by atoms with Crippen LogP contribution >= 0.6 is 0 Å². The summed E-state index contributed by atoms with van der Waals surface area (Å²) >= 11 is 0. The Kier molecular flexibility index (Phi) is 5.90. The molecular formula is C23H24N6O3. The molecule has 0 atom stereocenters. The van der Waals surface area contributed by atoms with Crippen molar-refractivity contribution in [3.63, 3.8) is 0 Å². The maximum absolute atomic E-state index is 12.8. The van der Waals surface area contributed by atoms with Crippen molar-refractivity contribution in [2.24, 2.45) is 0 Å². The van der Waals surface area contributed by atoms with Crippen LogP contribution in [0.3, 0.4) is 0 Å². The number of hydrogen-bond donors (Lipinski definition) is 3. The van der Waals surface area contributed by atoms with E-state index in [-0.39, 0.29) is 25.3 Å². The third-order valence-electron chi connectivity index (χ3n) is 5.57. The van der Waals surface area contributed by atoms with Crippen LogP contribution in [0.1, 0.15) is 17.7 Å². The highest BCUT2D eigenvalue weighted by molar-refractivity contribution is 6.08. The van der Waals surface area contributed by atoms with Gasteiger partial charge < -0.3 is 25.4 Å². The van der Waals surface area contributed by atoms with Crippen LogP contribution in [0.4, 0.5) is 5.82 Å². The number of hydrogen-bond acceptors (Lipinski definition) is 7. The minimum absolute atomic E-state index is 0.0288. The van der Waals surface area contributed by atoms with Gasteiger partial charge in [-0.15, -0.1) is 0 Å². The lowest BCUT2D eigenvalue weighted by Crippen LogP contribution is -2.53.